The molecule has 23 heavy (non-hydrogen) atoms. The van der Waals surface area contributed by atoms with Gasteiger partial charge >= 0.3 is 0 Å². The van der Waals surface area contributed by atoms with Crippen LogP contribution in [0.4, 0.5) is 5.82 Å². The third kappa shape index (κ3) is 3.27. The smallest absolute Gasteiger partial charge is 0.298 e. The summed E-state index contributed by atoms with van der Waals surface area (Å²) in [5, 5.41) is 3.02. The minimum absolute atomic E-state index is 0.0608. The second kappa shape index (κ2) is 6.41. The standard InChI is InChI=1S/C16H11ClN4O2/c17-12-2-1-3-13(10-12)21-9-8-19-14(16(21)23)20-15(22)11-4-6-18-7-5-11/h1-10H,(H,19,20,22). The highest BCUT2D eigenvalue weighted by Crippen LogP contribution is 2.13. The minimum Gasteiger partial charge on any atom is -0.302 e. The highest BCUT2D eigenvalue weighted by Gasteiger charge is 2.11. The molecule has 3 rings (SSSR count). The lowest BCUT2D eigenvalue weighted by Crippen LogP contribution is -2.26. The van der Waals surface area contributed by atoms with Crippen molar-refractivity contribution < 1.29 is 4.79 Å². The molecule has 0 aliphatic rings. The van der Waals surface area contributed by atoms with Gasteiger partial charge in [0, 0.05) is 35.4 Å². The lowest BCUT2D eigenvalue weighted by Gasteiger charge is -2.08. The van der Waals surface area contributed by atoms with E-state index in [2.05, 4.69) is 15.3 Å². The van der Waals surface area contributed by atoms with E-state index in [0.717, 1.165) is 0 Å². The number of aromatic nitrogens is 3. The number of anilines is 1. The Bertz CT molecular complexity index is 909. The lowest BCUT2D eigenvalue weighted by molar-refractivity contribution is 0.102. The first-order valence-corrected chi connectivity index (χ1v) is 7.08. The van der Waals surface area contributed by atoms with Gasteiger partial charge in [0.2, 0.25) is 0 Å². The molecule has 1 N–H and O–H groups in total. The summed E-state index contributed by atoms with van der Waals surface area (Å²) in [5.41, 5.74) is 0.529. The SMILES string of the molecule is O=C(Nc1nccn(-c2cccc(Cl)c2)c1=O)c1ccncc1. The van der Waals surface area contributed by atoms with Gasteiger partial charge in [-0.05, 0) is 30.3 Å². The Balaban J connectivity index is 1.95. The first-order valence-electron chi connectivity index (χ1n) is 6.70. The molecule has 0 bridgehead atoms. The van der Waals surface area contributed by atoms with Crippen molar-refractivity contribution in [2.45, 2.75) is 0 Å². The number of benzene rings is 1. The molecule has 0 spiro atoms. The third-order valence-electron chi connectivity index (χ3n) is 3.10. The Hall–Kier alpha value is -2.99. The van der Waals surface area contributed by atoms with Crippen molar-refractivity contribution in [1.82, 2.24) is 14.5 Å². The van der Waals surface area contributed by atoms with Crippen LogP contribution in [0, 0.1) is 0 Å². The van der Waals surface area contributed by atoms with Gasteiger partial charge in [-0.2, -0.15) is 0 Å². The van der Waals surface area contributed by atoms with E-state index in [9.17, 15) is 9.59 Å². The Morgan fingerprint density at radius 2 is 1.91 bits per heavy atom. The molecule has 0 fully saturated rings. The number of carbonyl (C=O) groups is 1. The molecule has 0 unspecified atom stereocenters. The van der Waals surface area contributed by atoms with Crippen LogP contribution in [0.5, 0.6) is 0 Å². The monoisotopic (exact) mass is 326 g/mol. The van der Waals surface area contributed by atoms with Crippen LogP contribution in [-0.4, -0.2) is 20.4 Å². The van der Waals surface area contributed by atoms with Crippen molar-refractivity contribution in [3.05, 3.63) is 82.1 Å². The Kier molecular flexibility index (Phi) is 4.16. The van der Waals surface area contributed by atoms with E-state index in [1.807, 2.05) is 0 Å². The number of amides is 1. The van der Waals surface area contributed by atoms with Gasteiger partial charge in [0.15, 0.2) is 5.82 Å². The van der Waals surface area contributed by atoms with Gasteiger partial charge in [0.1, 0.15) is 0 Å². The van der Waals surface area contributed by atoms with E-state index in [1.165, 1.54) is 29.4 Å². The number of hydrogen-bond donors (Lipinski definition) is 1. The van der Waals surface area contributed by atoms with Gasteiger partial charge in [0.25, 0.3) is 11.5 Å². The molecular formula is C16H11ClN4O2. The van der Waals surface area contributed by atoms with Crippen molar-refractivity contribution in [2.75, 3.05) is 5.32 Å². The molecule has 0 aliphatic heterocycles. The van der Waals surface area contributed by atoms with Crippen LogP contribution >= 0.6 is 11.6 Å². The van der Waals surface area contributed by atoms with Gasteiger partial charge < -0.3 is 5.32 Å². The average molecular weight is 327 g/mol. The molecular weight excluding hydrogens is 316 g/mol. The maximum absolute atomic E-state index is 12.5. The van der Waals surface area contributed by atoms with E-state index in [1.54, 1.807) is 36.4 Å². The molecule has 1 aromatic carbocycles. The van der Waals surface area contributed by atoms with Crippen LogP contribution in [0.2, 0.25) is 5.02 Å². The van der Waals surface area contributed by atoms with Crippen LogP contribution in [0.3, 0.4) is 0 Å². The minimum atomic E-state index is -0.447. The molecule has 6 nitrogen and oxygen atoms in total. The number of halogens is 1. The summed E-state index contributed by atoms with van der Waals surface area (Å²) in [6.07, 6.45) is 5.94. The molecule has 0 saturated heterocycles. The topological polar surface area (TPSA) is 76.9 Å². The van der Waals surface area contributed by atoms with Crippen molar-refractivity contribution in [3.63, 3.8) is 0 Å². The van der Waals surface area contributed by atoms with Gasteiger partial charge in [0.05, 0.1) is 5.69 Å². The summed E-state index contributed by atoms with van der Waals surface area (Å²) in [6, 6.07) is 9.93. The largest absolute Gasteiger partial charge is 0.302 e. The van der Waals surface area contributed by atoms with Crippen LogP contribution in [0.15, 0.2) is 66.0 Å². The molecule has 0 radical (unpaired) electrons. The number of hydrogen-bond acceptors (Lipinski definition) is 4. The summed E-state index contributed by atoms with van der Waals surface area (Å²) in [5.74, 6) is -0.491. The van der Waals surface area contributed by atoms with E-state index >= 15 is 0 Å². The van der Waals surface area contributed by atoms with E-state index in [4.69, 9.17) is 11.6 Å². The summed E-state index contributed by atoms with van der Waals surface area (Å²) >= 11 is 5.94. The number of nitrogens with one attached hydrogen (secondary N) is 1. The molecule has 1 amide bonds. The zero-order chi connectivity index (χ0) is 16.2. The van der Waals surface area contributed by atoms with Crippen molar-refractivity contribution >= 4 is 23.3 Å². The maximum Gasteiger partial charge on any atom is 0.298 e. The average Bonchev–Trinajstić information content (AvgIpc) is 2.57. The molecule has 0 atom stereocenters. The van der Waals surface area contributed by atoms with E-state index in [-0.39, 0.29) is 5.82 Å². The van der Waals surface area contributed by atoms with Crippen molar-refractivity contribution in [3.8, 4) is 5.69 Å². The zero-order valence-electron chi connectivity index (χ0n) is 11.8. The fourth-order valence-electron chi connectivity index (χ4n) is 2.01. The van der Waals surface area contributed by atoms with Gasteiger partial charge in [-0.1, -0.05) is 17.7 Å². The maximum atomic E-state index is 12.5. The zero-order valence-corrected chi connectivity index (χ0v) is 12.6. The highest BCUT2D eigenvalue weighted by molar-refractivity contribution is 6.30. The highest BCUT2D eigenvalue weighted by atomic mass is 35.5. The fraction of sp³-hybridized carbons (Fsp3) is 0. The number of rotatable bonds is 3. The third-order valence-corrected chi connectivity index (χ3v) is 3.34. The Labute approximate surface area is 136 Å². The molecule has 114 valence electrons. The molecule has 0 saturated carbocycles. The van der Waals surface area contributed by atoms with E-state index < -0.39 is 11.5 Å². The predicted molar refractivity (Wildman–Crippen MR) is 87.0 cm³/mol. The number of carbonyl (C=O) groups excluding carboxylic acids is 1. The molecule has 3 aromatic rings. The van der Waals surface area contributed by atoms with Crippen LogP contribution in [-0.2, 0) is 0 Å². The Morgan fingerprint density at radius 3 is 2.65 bits per heavy atom. The summed E-state index contributed by atoms with van der Waals surface area (Å²) in [6.45, 7) is 0. The Morgan fingerprint density at radius 1 is 1.13 bits per heavy atom. The normalized spacial score (nSPS) is 10.3. The summed E-state index contributed by atoms with van der Waals surface area (Å²) in [7, 11) is 0. The van der Waals surface area contributed by atoms with Crippen molar-refractivity contribution in [2.24, 2.45) is 0 Å². The second-order valence-corrected chi connectivity index (χ2v) is 5.06. The molecule has 2 heterocycles. The van der Waals surface area contributed by atoms with Crippen LogP contribution in [0.25, 0.3) is 5.69 Å². The summed E-state index contributed by atoms with van der Waals surface area (Å²) in [4.78, 5) is 32.4. The van der Waals surface area contributed by atoms with Gasteiger partial charge in [-0.15, -0.1) is 0 Å². The first-order chi connectivity index (χ1) is 11.1. The van der Waals surface area contributed by atoms with Crippen LogP contribution in [0.1, 0.15) is 10.4 Å². The number of nitrogens with zero attached hydrogens (tertiary/aromatic N) is 3. The first kappa shape index (κ1) is 14.9. The molecule has 2 aromatic heterocycles. The van der Waals surface area contributed by atoms with Crippen LogP contribution < -0.4 is 10.9 Å². The van der Waals surface area contributed by atoms with Gasteiger partial charge in [-0.3, -0.25) is 19.1 Å². The quantitative estimate of drug-likeness (QED) is 0.802. The predicted octanol–water partition coefficient (Wildman–Crippen LogP) is 2.53. The second-order valence-electron chi connectivity index (χ2n) is 4.62. The summed E-state index contributed by atoms with van der Waals surface area (Å²) < 4.78 is 1.36. The van der Waals surface area contributed by atoms with Crippen molar-refractivity contribution in [1.29, 1.82) is 0 Å². The number of pyridine rings is 1. The lowest BCUT2D eigenvalue weighted by atomic mass is 10.2. The van der Waals surface area contributed by atoms with E-state index in [0.29, 0.717) is 16.3 Å². The molecule has 7 heteroatoms. The van der Waals surface area contributed by atoms with Gasteiger partial charge in [-0.25, -0.2) is 4.98 Å². The fourth-order valence-corrected chi connectivity index (χ4v) is 2.19. The molecule has 0 aliphatic carbocycles.